The van der Waals surface area contributed by atoms with Crippen molar-refractivity contribution in [3.05, 3.63) is 70.8 Å². The molecular formula is C20H25N. The highest BCUT2D eigenvalue weighted by atomic mass is 15.1. The average Bonchev–Trinajstić information content (AvgIpc) is 2.48. The molecule has 2 aromatic carbocycles. The van der Waals surface area contributed by atoms with Crippen LogP contribution in [0.4, 0.5) is 0 Å². The molecule has 0 bridgehead atoms. The summed E-state index contributed by atoms with van der Waals surface area (Å²) in [6, 6.07) is 17.6. The molecule has 0 aliphatic carbocycles. The second-order valence-electron chi connectivity index (χ2n) is 6.37. The van der Waals surface area contributed by atoms with Crippen LogP contribution in [0, 0.1) is 13.8 Å². The molecule has 110 valence electrons. The van der Waals surface area contributed by atoms with Crippen molar-refractivity contribution in [3.63, 3.8) is 0 Å². The van der Waals surface area contributed by atoms with Crippen LogP contribution in [0.5, 0.6) is 0 Å². The van der Waals surface area contributed by atoms with Gasteiger partial charge >= 0.3 is 0 Å². The van der Waals surface area contributed by atoms with E-state index in [9.17, 15) is 0 Å². The highest BCUT2D eigenvalue weighted by Gasteiger charge is 2.23. The summed E-state index contributed by atoms with van der Waals surface area (Å²) in [4.78, 5) is 2.62. The normalized spacial score (nSPS) is 19.6. The van der Waals surface area contributed by atoms with Crippen molar-refractivity contribution in [2.45, 2.75) is 39.2 Å². The molecule has 1 fully saturated rings. The van der Waals surface area contributed by atoms with Crippen molar-refractivity contribution in [1.29, 1.82) is 0 Å². The molecule has 1 aliphatic heterocycles. The molecule has 0 spiro atoms. The molecule has 0 radical (unpaired) electrons. The molecule has 2 aromatic rings. The fraction of sp³-hybridized carbons (Fsp3) is 0.400. The summed E-state index contributed by atoms with van der Waals surface area (Å²) in [5, 5.41) is 0. The Kier molecular flexibility index (Phi) is 4.40. The van der Waals surface area contributed by atoms with Crippen LogP contribution in [0.2, 0.25) is 0 Å². The molecular weight excluding hydrogens is 254 g/mol. The van der Waals surface area contributed by atoms with Crippen LogP contribution in [0.3, 0.4) is 0 Å². The average molecular weight is 279 g/mol. The van der Waals surface area contributed by atoms with Gasteiger partial charge in [0.25, 0.3) is 0 Å². The first-order chi connectivity index (χ1) is 10.2. The summed E-state index contributed by atoms with van der Waals surface area (Å²) >= 11 is 0. The summed E-state index contributed by atoms with van der Waals surface area (Å²) in [6.07, 6.45) is 2.64. The quantitative estimate of drug-likeness (QED) is 0.788. The fourth-order valence-electron chi connectivity index (χ4n) is 3.75. The number of likely N-dealkylation sites (tertiary alicyclic amines) is 1. The van der Waals surface area contributed by atoms with E-state index in [1.807, 2.05) is 0 Å². The number of nitrogens with zero attached hydrogens (tertiary/aromatic N) is 1. The Labute approximate surface area is 128 Å². The highest BCUT2D eigenvalue weighted by molar-refractivity contribution is 5.37. The van der Waals surface area contributed by atoms with Crippen LogP contribution in [0.25, 0.3) is 0 Å². The largest absolute Gasteiger partial charge is 0.298 e. The summed E-state index contributed by atoms with van der Waals surface area (Å²) in [6.45, 7) is 8.04. The Hall–Kier alpha value is -1.60. The smallest absolute Gasteiger partial charge is 0.0233 e. The summed E-state index contributed by atoms with van der Waals surface area (Å²) in [5.74, 6) is 0.698. The maximum Gasteiger partial charge on any atom is 0.0233 e. The van der Waals surface area contributed by atoms with Gasteiger partial charge in [0.2, 0.25) is 0 Å². The Balaban J connectivity index is 1.74. The third-order valence-corrected chi connectivity index (χ3v) is 4.70. The first kappa shape index (κ1) is 14.3. The Morgan fingerprint density at radius 2 is 1.67 bits per heavy atom. The topological polar surface area (TPSA) is 3.24 Å². The van der Waals surface area contributed by atoms with Crippen molar-refractivity contribution in [2.75, 3.05) is 13.1 Å². The zero-order valence-corrected chi connectivity index (χ0v) is 13.2. The molecule has 3 rings (SSSR count). The molecule has 1 nitrogen and oxygen atoms in total. The minimum absolute atomic E-state index is 0.698. The maximum absolute atomic E-state index is 2.62. The Morgan fingerprint density at radius 3 is 2.38 bits per heavy atom. The van der Waals surface area contributed by atoms with Crippen molar-refractivity contribution < 1.29 is 0 Å². The van der Waals surface area contributed by atoms with Crippen molar-refractivity contribution in [1.82, 2.24) is 4.90 Å². The summed E-state index contributed by atoms with van der Waals surface area (Å²) < 4.78 is 0. The van der Waals surface area contributed by atoms with Gasteiger partial charge in [-0.15, -0.1) is 0 Å². The number of benzene rings is 2. The van der Waals surface area contributed by atoms with E-state index in [-0.39, 0.29) is 0 Å². The van der Waals surface area contributed by atoms with Gasteiger partial charge in [-0.05, 0) is 61.4 Å². The minimum atomic E-state index is 0.698. The molecule has 1 heteroatoms. The molecule has 0 saturated carbocycles. The van der Waals surface area contributed by atoms with Crippen LogP contribution in [-0.2, 0) is 6.54 Å². The number of piperidine rings is 1. The molecule has 0 amide bonds. The monoisotopic (exact) mass is 279 g/mol. The van der Waals surface area contributed by atoms with Crippen molar-refractivity contribution >= 4 is 0 Å². The van der Waals surface area contributed by atoms with E-state index in [1.54, 1.807) is 5.56 Å². The van der Waals surface area contributed by atoms with Gasteiger partial charge in [-0.3, -0.25) is 4.90 Å². The van der Waals surface area contributed by atoms with Crippen LogP contribution in [-0.4, -0.2) is 18.0 Å². The minimum Gasteiger partial charge on any atom is -0.298 e. The van der Waals surface area contributed by atoms with Gasteiger partial charge in [-0.25, -0.2) is 0 Å². The molecule has 1 atom stereocenters. The number of rotatable bonds is 3. The molecule has 1 aliphatic rings. The Morgan fingerprint density at radius 1 is 0.952 bits per heavy atom. The van der Waals surface area contributed by atoms with Gasteiger partial charge in [-0.2, -0.15) is 0 Å². The number of hydrogen-bond acceptors (Lipinski definition) is 1. The van der Waals surface area contributed by atoms with E-state index in [0.29, 0.717) is 5.92 Å². The first-order valence-corrected chi connectivity index (χ1v) is 8.06. The van der Waals surface area contributed by atoms with Gasteiger partial charge in [0.15, 0.2) is 0 Å². The second-order valence-corrected chi connectivity index (χ2v) is 6.37. The van der Waals surface area contributed by atoms with Gasteiger partial charge < -0.3 is 0 Å². The third-order valence-electron chi connectivity index (χ3n) is 4.70. The standard InChI is InChI=1S/C20H25N/c1-16-8-6-9-17(2)20(16)19-12-7-13-21(15-19)14-18-10-4-3-5-11-18/h3-6,8-11,19H,7,12-15H2,1-2H3. The van der Waals surface area contributed by atoms with E-state index < -0.39 is 0 Å². The molecule has 1 heterocycles. The van der Waals surface area contributed by atoms with Gasteiger partial charge in [0, 0.05) is 13.1 Å². The molecule has 0 aromatic heterocycles. The van der Waals surface area contributed by atoms with Crippen molar-refractivity contribution in [2.24, 2.45) is 0 Å². The molecule has 0 N–H and O–H groups in total. The lowest BCUT2D eigenvalue weighted by Crippen LogP contribution is -2.34. The lowest BCUT2D eigenvalue weighted by molar-refractivity contribution is 0.199. The summed E-state index contributed by atoms with van der Waals surface area (Å²) in [5.41, 5.74) is 5.94. The van der Waals surface area contributed by atoms with E-state index in [0.717, 1.165) is 6.54 Å². The summed E-state index contributed by atoms with van der Waals surface area (Å²) in [7, 11) is 0. The van der Waals surface area contributed by atoms with Gasteiger partial charge in [-0.1, -0.05) is 48.5 Å². The van der Waals surface area contributed by atoms with Crippen molar-refractivity contribution in [3.8, 4) is 0 Å². The SMILES string of the molecule is Cc1cccc(C)c1C1CCCN(Cc2ccccc2)C1. The second kappa shape index (κ2) is 6.44. The van der Waals surface area contributed by atoms with E-state index in [4.69, 9.17) is 0 Å². The number of hydrogen-bond donors (Lipinski definition) is 0. The van der Waals surface area contributed by atoms with Crippen LogP contribution >= 0.6 is 0 Å². The third kappa shape index (κ3) is 3.36. The lowest BCUT2D eigenvalue weighted by Gasteiger charge is -2.34. The molecule has 1 unspecified atom stereocenters. The van der Waals surface area contributed by atoms with E-state index in [2.05, 4.69) is 67.3 Å². The van der Waals surface area contributed by atoms with Crippen LogP contribution < -0.4 is 0 Å². The van der Waals surface area contributed by atoms with Gasteiger partial charge in [0.1, 0.15) is 0 Å². The Bertz CT molecular complexity index is 568. The molecule has 1 saturated heterocycles. The van der Waals surface area contributed by atoms with Crippen LogP contribution in [0.15, 0.2) is 48.5 Å². The fourth-order valence-corrected chi connectivity index (χ4v) is 3.75. The number of aryl methyl sites for hydroxylation is 2. The predicted octanol–water partition coefficient (Wildman–Crippen LogP) is 4.68. The zero-order chi connectivity index (χ0) is 14.7. The van der Waals surface area contributed by atoms with E-state index in [1.165, 1.54) is 42.6 Å². The first-order valence-electron chi connectivity index (χ1n) is 8.06. The van der Waals surface area contributed by atoms with Crippen LogP contribution in [0.1, 0.15) is 41.0 Å². The lowest BCUT2D eigenvalue weighted by atomic mass is 9.85. The highest BCUT2D eigenvalue weighted by Crippen LogP contribution is 2.31. The predicted molar refractivity (Wildman–Crippen MR) is 89.6 cm³/mol. The van der Waals surface area contributed by atoms with E-state index >= 15 is 0 Å². The maximum atomic E-state index is 2.62. The zero-order valence-electron chi connectivity index (χ0n) is 13.2. The van der Waals surface area contributed by atoms with Gasteiger partial charge in [0.05, 0.1) is 0 Å². The molecule has 21 heavy (non-hydrogen) atoms.